The number of carboxylic acid groups (broad SMARTS) is 2. The van der Waals surface area contributed by atoms with Crippen LogP contribution in [0.1, 0.15) is 96.8 Å². The number of hydrogen-bond acceptors (Lipinski definition) is 8. The summed E-state index contributed by atoms with van der Waals surface area (Å²) in [6.07, 6.45) is 6.82. The first-order valence-electron chi connectivity index (χ1n) is 11.4. The lowest BCUT2D eigenvalue weighted by Gasteiger charge is -2.15. The van der Waals surface area contributed by atoms with Gasteiger partial charge in [-0.2, -0.15) is 0 Å². The molecule has 33 heavy (non-hydrogen) atoms. The molecule has 188 valence electrons. The zero-order valence-electron chi connectivity index (χ0n) is 19.3. The molecular weight excluding hydrogens is 436 g/mol. The molecule has 0 fully saturated rings. The number of ether oxygens (including phenoxy) is 2. The highest BCUT2D eigenvalue weighted by Crippen LogP contribution is 2.20. The Hall–Kier alpha value is -2.78. The Morgan fingerprint density at radius 2 is 1.15 bits per heavy atom. The van der Waals surface area contributed by atoms with Gasteiger partial charge < -0.3 is 24.5 Å². The van der Waals surface area contributed by atoms with Crippen LogP contribution in [0.25, 0.3) is 0 Å². The first-order valence-corrected chi connectivity index (χ1v) is 11.4. The van der Waals surface area contributed by atoms with E-state index in [9.17, 15) is 28.8 Å². The summed E-state index contributed by atoms with van der Waals surface area (Å²) in [5.74, 6) is -5.10. The molecule has 0 amide bonds. The third-order valence-electron chi connectivity index (χ3n) is 4.97. The van der Waals surface area contributed by atoms with Crippen LogP contribution in [0.15, 0.2) is 0 Å². The summed E-state index contributed by atoms with van der Waals surface area (Å²) in [5.41, 5.74) is 0. The lowest BCUT2D eigenvalue weighted by Crippen LogP contribution is -2.25. The van der Waals surface area contributed by atoms with Gasteiger partial charge in [0.1, 0.15) is 5.78 Å². The Labute approximate surface area is 194 Å². The van der Waals surface area contributed by atoms with Gasteiger partial charge in [-0.1, -0.05) is 38.5 Å². The van der Waals surface area contributed by atoms with Crippen LogP contribution in [-0.4, -0.2) is 52.4 Å². The van der Waals surface area contributed by atoms with E-state index in [-0.39, 0.29) is 44.3 Å². The second kappa shape index (κ2) is 18.8. The van der Waals surface area contributed by atoms with E-state index >= 15 is 0 Å². The van der Waals surface area contributed by atoms with E-state index in [0.29, 0.717) is 19.3 Å². The van der Waals surface area contributed by atoms with E-state index in [1.807, 2.05) is 0 Å². The van der Waals surface area contributed by atoms with Crippen LogP contribution in [0.2, 0.25) is 0 Å². The van der Waals surface area contributed by atoms with Crippen LogP contribution in [-0.2, 0) is 38.2 Å². The van der Waals surface area contributed by atoms with E-state index in [1.165, 1.54) is 6.92 Å². The van der Waals surface area contributed by atoms with Gasteiger partial charge in [-0.05, 0) is 32.6 Å². The van der Waals surface area contributed by atoms with Crippen molar-refractivity contribution in [2.75, 3.05) is 6.61 Å². The Morgan fingerprint density at radius 1 is 0.636 bits per heavy atom. The van der Waals surface area contributed by atoms with Crippen molar-refractivity contribution < 1.29 is 48.5 Å². The van der Waals surface area contributed by atoms with Crippen molar-refractivity contribution in [3.05, 3.63) is 0 Å². The molecular formula is C23H36O10. The lowest BCUT2D eigenvalue weighted by molar-refractivity contribution is -0.169. The van der Waals surface area contributed by atoms with E-state index in [0.717, 1.165) is 32.1 Å². The second-order valence-electron chi connectivity index (χ2n) is 8.05. The topological polar surface area (TPSA) is 161 Å². The van der Waals surface area contributed by atoms with Gasteiger partial charge in [-0.15, -0.1) is 0 Å². The van der Waals surface area contributed by atoms with Gasteiger partial charge in [0.25, 0.3) is 0 Å². The minimum Gasteiger partial charge on any atom is -0.481 e. The Morgan fingerprint density at radius 3 is 1.73 bits per heavy atom. The highest BCUT2D eigenvalue weighted by Gasteiger charge is 2.23. The average molecular weight is 473 g/mol. The largest absolute Gasteiger partial charge is 0.481 e. The standard InChI is InChI=1S/C23H36O10/c1-17(24)14-15-21(29)32-16-22(30)33-23(31)18(11-9-13-20(27)28)10-7-5-3-2-4-6-8-12-19(25)26/h18H,2-16H2,1H3,(H,25,26)(H,27,28). The molecule has 1 unspecified atom stereocenters. The van der Waals surface area contributed by atoms with Crippen LogP contribution in [0.4, 0.5) is 0 Å². The van der Waals surface area contributed by atoms with Gasteiger partial charge in [0.05, 0.1) is 12.3 Å². The molecule has 0 heterocycles. The minimum absolute atomic E-state index is 0.000791. The van der Waals surface area contributed by atoms with Gasteiger partial charge in [-0.25, -0.2) is 4.79 Å². The summed E-state index contributed by atoms with van der Waals surface area (Å²) >= 11 is 0. The number of unbranched alkanes of at least 4 members (excludes halogenated alkanes) is 6. The summed E-state index contributed by atoms with van der Waals surface area (Å²) in [6.45, 7) is 0.597. The maximum absolute atomic E-state index is 12.4. The Kier molecular flexibility index (Phi) is 17.2. The fraction of sp³-hybridized carbons (Fsp3) is 0.739. The predicted octanol–water partition coefficient (Wildman–Crippen LogP) is 3.44. The van der Waals surface area contributed by atoms with Crippen LogP contribution >= 0.6 is 0 Å². The summed E-state index contributed by atoms with van der Waals surface area (Å²) < 4.78 is 9.46. The number of rotatable bonds is 20. The molecule has 0 aliphatic heterocycles. The quantitative estimate of drug-likeness (QED) is 0.152. The maximum atomic E-state index is 12.4. The zero-order valence-corrected chi connectivity index (χ0v) is 19.3. The molecule has 10 nitrogen and oxygen atoms in total. The molecule has 0 aliphatic carbocycles. The average Bonchev–Trinajstić information content (AvgIpc) is 2.73. The molecule has 0 spiro atoms. The molecule has 0 saturated carbocycles. The first kappa shape index (κ1) is 30.2. The van der Waals surface area contributed by atoms with Crippen LogP contribution in [0.5, 0.6) is 0 Å². The molecule has 2 N–H and O–H groups in total. The smallest absolute Gasteiger partial charge is 0.351 e. The molecule has 0 rings (SSSR count). The molecule has 10 heteroatoms. The lowest BCUT2D eigenvalue weighted by atomic mass is 9.95. The van der Waals surface area contributed by atoms with Crippen molar-refractivity contribution in [2.45, 2.75) is 96.8 Å². The van der Waals surface area contributed by atoms with Crippen LogP contribution in [0.3, 0.4) is 0 Å². The molecule has 0 saturated heterocycles. The van der Waals surface area contributed by atoms with Crippen molar-refractivity contribution in [2.24, 2.45) is 5.92 Å². The number of hydrogen-bond donors (Lipinski definition) is 2. The number of carbonyl (C=O) groups is 6. The first-order chi connectivity index (χ1) is 15.6. The van der Waals surface area contributed by atoms with Crippen molar-refractivity contribution in [1.82, 2.24) is 0 Å². The van der Waals surface area contributed by atoms with Gasteiger partial charge >= 0.3 is 29.8 Å². The summed E-state index contributed by atoms with van der Waals surface area (Å²) in [4.78, 5) is 67.7. The number of carboxylic acids is 2. The number of Topliss-reactive ketones (excluding diaryl/α,β-unsaturated/α-hetero) is 1. The number of carbonyl (C=O) groups excluding carboxylic acids is 4. The van der Waals surface area contributed by atoms with Gasteiger partial charge in [0, 0.05) is 19.3 Å². The van der Waals surface area contributed by atoms with Crippen LogP contribution in [0, 0.1) is 5.92 Å². The van der Waals surface area contributed by atoms with E-state index < -0.39 is 42.4 Å². The highest BCUT2D eigenvalue weighted by atomic mass is 16.6. The summed E-state index contributed by atoms with van der Waals surface area (Å²) in [6, 6.07) is 0. The number of aliphatic carboxylic acids is 2. The molecule has 0 aromatic carbocycles. The normalized spacial score (nSPS) is 11.4. The minimum atomic E-state index is -1.01. The zero-order chi connectivity index (χ0) is 25.1. The fourth-order valence-corrected chi connectivity index (χ4v) is 3.15. The van der Waals surface area contributed by atoms with Gasteiger partial charge in [-0.3, -0.25) is 19.2 Å². The summed E-state index contributed by atoms with van der Waals surface area (Å²) in [7, 11) is 0. The molecule has 0 aromatic heterocycles. The predicted molar refractivity (Wildman–Crippen MR) is 116 cm³/mol. The van der Waals surface area contributed by atoms with Gasteiger partial charge in [0.2, 0.25) is 0 Å². The number of esters is 3. The third kappa shape index (κ3) is 19.6. The Balaban J connectivity index is 4.32. The molecule has 1 atom stereocenters. The van der Waals surface area contributed by atoms with Crippen molar-refractivity contribution in [1.29, 1.82) is 0 Å². The van der Waals surface area contributed by atoms with Crippen molar-refractivity contribution in [3.63, 3.8) is 0 Å². The van der Waals surface area contributed by atoms with E-state index in [2.05, 4.69) is 4.74 Å². The second-order valence-corrected chi connectivity index (χ2v) is 8.05. The molecule has 0 aliphatic rings. The van der Waals surface area contributed by atoms with Crippen LogP contribution < -0.4 is 0 Å². The van der Waals surface area contributed by atoms with Crippen molar-refractivity contribution in [3.8, 4) is 0 Å². The van der Waals surface area contributed by atoms with Gasteiger partial charge in [0.15, 0.2) is 6.61 Å². The molecule has 0 aromatic rings. The van der Waals surface area contributed by atoms with E-state index in [4.69, 9.17) is 14.9 Å². The molecule has 0 radical (unpaired) electrons. The fourth-order valence-electron chi connectivity index (χ4n) is 3.15. The Bertz CT molecular complexity index is 656. The SMILES string of the molecule is CC(=O)CCC(=O)OCC(=O)OC(=O)C(CCCCCCCCCC(=O)O)CCCC(=O)O. The summed E-state index contributed by atoms with van der Waals surface area (Å²) in [5, 5.41) is 17.4. The van der Waals surface area contributed by atoms with Crippen molar-refractivity contribution >= 4 is 35.6 Å². The highest BCUT2D eigenvalue weighted by molar-refractivity contribution is 5.88. The third-order valence-corrected chi connectivity index (χ3v) is 4.97. The van der Waals surface area contributed by atoms with E-state index in [1.54, 1.807) is 0 Å². The maximum Gasteiger partial charge on any atom is 0.351 e. The number of ketones is 1. The molecule has 0 bridgehead atoms. The monoisotopic (exact) mass is 472 g/mol.